The second-order valence-corrected chi connectivity index (χ2v) is 7.56. The summed E-state index contributed by atoms with van der Waals surface area (Å²) in [5.41, 5.74) is 0.666. The lowest BCUT2D eigenvalue weighted by Gasteiger charge is -2.37. The van der Waals surface area contributed by atoms with E-state index in [4.69, 9.17) is 4.74 Å². The molecule has 2 fully saturated rings. The van der Waals surface area contributed by atoms with Gasteiger partial charge in [-0.3, -0.25) is 14.5 Å². The molecule has 28 heavy (non-hydrogen) atoms. The summed E-state index contributed by atoms with van der Waals surface area (Å²) in [6.07, 6.45) is 7.86. The molecule has 6 nitrogen and oxygen atoms in total. The molecule has 2 aliphatic heterocycles. The van der Waals surface area contributed by atoms with E-state index in [-0.39, 0.29) is 24.0 Å². The maximum Gasteiger partial charge on any atom is 0.251 e. The van der Waals surface area contributed by atoms with E-state index in [9.17, 15) is 9.59 Å². The number of piperidine rings is 2. The Balaban J connectivity index is 1.46. The molecule has 0 aliphatic carbocycles. The van der Waals surface area contributed by atoms with Gasteiger partial charge in [-0.25, -0.2) is 0 Å². The fourth-order valence-electron chi connectivity index (χ4n) is 3.91. The molecule has 152 valence electrons. The van der Waals surface area contributed by atoms with Crippen LogP contribution in [0.15, 0.2) is 42.5 Å². The number of likely N-dealkylation sites (tertiary alicyclic amines) is 2. The third kappa shape index (κ3) is 5.66. The Bertz CT molecular complexity index is 671. The van der Waals surface area contributed by atoms with Gasteiger partial charge in [-0.15, -0.1) is 0 Å². The van der Waals surface area contributed by atoms with Crippen LogP contribution in [-0.2, 0) is 9.53 Å². The monoisotopic (exact) mass is 385 g/mol. The average Bonchev–Trinajstić information content (AvgIpc) is 2.75. The lowest BCUT2D eigenvalue weighted by atomic mass is 10.0. The van der Waals surface area contributed by atoms with Gasteiger partial charge in [-0.2, -0.15) is 0 Å². The fraction of sp³-hybridized carbons (Fsp3) is 0.545. The molecule has 1 N–H and O–H groups in total. The standard InChI is InChI=1S/C22H31N3O3/c1-28-20-17-24(13-8-11-21(26)25-14-6-3-7-15-25)16-12-19(20)23-22(27)18-9-4-2-5-10-18/h2,4-5,8-11,19-20H,3,6-7,12-17H2,1H3,(H,23,27)/b11-8+. The fourth-order valence-corrected chi connectivity index (χ4v) is 3.91. The van der Waals surface area contributed by atoms with Gasteiger partial charge in [0.25, 0.3) is 5.91 Å². The maximum absolute atomic E-state index is 12.4. The molecule has 0 spiro atoms. The van der Waals surface area contributed by atoms with Crippen LogP contribution in [0, 0.1) is 0 Å². The van der Waals surface area contributed by atoms with Crippen molar-refractivity contribution in [1.29, 1.82) is 0 Å². The minimum absolute atomic E-state index is 0.00656. The molecule has 0 saturated carbocycles. The second-order valence-electron chi connectivity index (χ2n) is 7.56. The molecule has 3 rings (SSSR count). The summed E-state index contributed by atoms with van der Waals surface area (Å²) in [4.78, 5) is 28.8. The normalized spacial score (nSPS) is 23.7. The van der Waals surface area contributed by atoms with Crippen molar-refractivity contribution >= 4 is 11.8 Å². The Labute approximate surface area is 167 Å². The number of amides is 2. The van der Waals surface area contributed by atoms with Gasteiger partial charge >= 0.3 is 0 Å². The number of ether oxygens (including phenoxy) is 1. The van der Waals surface area contributed by atoms with Crippen molar-refractivity contribution < 1.29 is 14.3 Å². The second kappa shape index (κ2) is 10.4. The van der Waals surface area contributed by atoms with Crippen LogP contribution in [0.5, 0.6) is 0 Å². The van der Waals surface area contributed by atoms with Crippen LogP contribution < -0.4 is 5.32 Å². The van der Waals surface area contributed by atoms with Gasteiger partial charge in [0.1, 0.15) is 0 Å². The van der Waals surface area contributed by atoms with Crippen LogP contribution in [0.2, 0.25) is 0 Å². The zero-order valence-corrected chi connectivity index (χ0v) is 16.7. The molecule has 2 atom stereocenters. The van der Waals surface area contributed by atoms with E-state index >= 15 is 0 Å². The average molecular weight is 386 g/mol. The molecule has 0 radical (unpaired) electrons. The Morgan fingerprint density at radius 2 is 1.89 bits per heavy atom. The molecular weight excluding hydrogens is 354 g/mol. The van der Waals surface area contributed by atoms with E-state index in [0.717, 1.165) is 52.0 Å². The highest BCUT2D eigenvalue weighted by Gasteiger charge is 2.30. The van der Waals surface area contributed by atoms with Gasteiger partial charge in [-0.1, -0.05) is 24.3 Å². The van der Waals surface area contributed by atoms with Gasteiger partial charge in [-0.05, 0) is 37.8 Å². The molecular formula is C22H31N3O3. The van der Waals surface area contributed by atoms with Gasteiger partial charge in [0.2, 0.25) is 5.91 Å². The van der Waals surface area contributed by atoms with Gasteiger partial charge in [0.15, 0.2) is 0 Å². The van der Waals surface area contributed by atoms with E-state index in [0.29, 0.717) is 5.56 Å². The smallest absolute Gasteiger partial charge is 0.251 e. The Hall–Kier alpha value is -2.18. The number of rotatable bonds is 6. The highest BCUT2D eigenvalue weighted by atomic mass is 16.5. The summed E-state index contributed by atoms with van der Waals surface area (Å²) in [6, 6.07) is 9.25. The first-order chi connectivity index (χ1) is 13.7. The van der Waals surface area contributed by atoms with Gasteiger partial charge in [0, 0.05) is 51.5 Å². The molecule has 1 aromatic carbocycles. The van der Waals surface area contributed by atoms with Crippen LogP contribution in [0.1, 0.15) is 36.0 Å². The topological polar surface area (TPSA) is 61.9 Å². The number of methoxy groups -OCH3 is 1. The van der Waals surface area contributed by atoms with Gasteiger partial charge < -0.3 is 15.0 Å². The highest BCUT2D eigenvalue weighted by molar-refractivity contribution is 5.94. The van der Waals surface area contributed by atoms with Crippen molar-refractivity contribution in [3.8, 4) is 0 Å². The van der Waals surface area contributed by atoms with Crippen LogP contribution in [0.3, 0.4) is 0 Å². The lowest BCUT2D eigenvalue weighted by Crippen LogP contribution is -2.54. The number of carbonyl (C=O) groups excluding carboxylic acids is 2. The summed E-state index contributed by atoms with van der Waals surface area (Å²) in [6.45, 7) is 4.07. The van der Waals surface area contributed by atoms with E-state index in [1.54, 1.807) is 13.2 Å². The molecule has 2 aliphatic rings. The quantitative estimate of drug-likeness (QED) is 0.762. The van der Waals surface area contributed by atoms with Crippen LogP contribution >= 0.6 is 0 Å². The molecule has 0 bridgehead atoms. The summed E-state index contributed by atoms with van der Waals surface area (Å²) in [5.74, 6) is 0.0566. The van der Waals surface area contributed by atoms with Crippen molar-refractivity contribution in [1.82, 2.24) is 15.1 Å². The van der Waals surface area contributed by atoms with E-state index < -0.39 is 0 Å². The Kier molecular flexibility index (Phi) is 7.62. The largest absolute Gasteiger partial charge is 0.378 e. The third-order valence-electron chi connectivity index (χ3n) is 5.59. The summed E-state index contributed by atoms with van der Waals surface area (Å²) < 4.78 is 5.64. The minimum Gasteiger partial charge on any atom is -0.378 e. The maximum atomic E-state index is 12.4. The number of hydrogen-bond acceptors (Lipinski definition) is 4. The van der Waals surface area contributed by atoms with Crippen molar-refractivity contribution in [3.05, 3.63) is 48.0 Å². The van der Waals surface area contributed by atoms with Crippen molar-refractivity contribution in [2.24, 2.45) is 0 Å². The first-order valence-corrected chi connectivity index (χ1v) is 10.2. The number of carbonyl (C=O) groups is 2. The summed E-state index contributed by atoms with van der Waals surface area (Å²) in [7, 11) is 1.69. The predicted molar refractivity (Wildman–Crippen MR) is 109 cm³/mol. The number of nitrogens with zero attached hydrogens (tertiary/aromatic N) is 2. The zero-order chi connectivity index (χ0) is 19.8. The van der Waals surface area contributed by atoms with Crippen molar-refractivity contribution in [3.63, 3.8) is 0 Å². The SMILES string of the molecule is COC1CN(C/C=C/C(=O)N2CCCCC2)CCC1NC(=O)c1ccccc1. The Morgan fingerprint density at radius 3 is 2.61 bits per heavy atom. The molecule has 2 saturated heterocycles. The molecule has 2 heterocycles. The van der Waals surface area contributed by atoms with E-state index in [1.165, 1.54) is 6.42 Å². The Morgan fingerprint density at radius 1 is 1.14 bits per heavy atom. The first-order valence-electron chi connectivity index (χ1n) is 10.2. The minimum atomic E-state index is -0.0624. The third-order valence-corrected chi connectivity index (χ3v) is 5.59. The number of nitrogens with one attached hydrogen (secondary N) is 1. The molecule has 1 aromatic rings. The van der Waals surface area contributed by atoms with Crippen molar-refractivity contribution in [2.75, 3.05) is 39.8 Å². The van der Waals surface area contributed by atoms with Crippen LogP contribution in [0.4, 0.5) is 0 Å². The molecule has 0 aromatic heterocycles. The van der Waals surface area contributed by atoms with Crippen LogP contribution in [0.25, 0.3) is 0 Å². The lowest BCUT2D eigenvalue weighted by molar-refractivity contribution is -0.126. The van der Waals surface area contributed by atoms with E-state index in [2.05, 4.69) is 10.2 Å². The van der Waals surface area contributed by atoms with Crippen LogP contribution in [-0.4, -0.2) is 73.6 Å². The number of hydrogen-bond donors (Lipinski definition) is 1. The first kappa shape index (κ1) is 20.6. The van der Waals surface area contributed by atoms with Gasteiger partial charge in [0.05, 0.1) is 12.1 Å². The van der Waals surface area contributed by atoms with E-state index in [1.807, 2.05) is 41.3 Å². The van der Waals surface area contributed by atoms with Crippen molar-refractivity contribution in [2.45, 2.75) is 37.8 Å². The molecule has 6 heteroatoms. The molecule has 2 unspecified atom stereocenters. The number of benzene rings is 1. The predicted octanol–water partition coefficient (Wildman–Crippen LogP) is 2.07. The summed E-state index contributed by atoms with van der Waals surface area (Å²) >= 11 is 0. The zero-order valence-electron chi connectivity index (χ0n) is 16.7. The highest BCUT2D eigenvalue weighted by Crippen LogP contribution is 2.15. The molecule has 2 amide bonds. The summed E-state index contributed by atoms with van der Waals surface area (Å²) in [5, 5.41) is 3.10.